The molecule has 2 rings (SSSR count). The summed E-state index contributed by atoms with van der Waals surface area (Å²) in [5.41, 5.74) is 3.53. The summed E-state index contributed by atoms with van der Waals surface area (Å²) in [7, 11) is -2.06. The summed E-state index contributed by atoms with van der Waals surface area (Å²) in [4.78, 5) is 22.9. The van der Waals surface area contributed by atoms with Gasteiger partial charge in [-0.2, -0.15) is 5.48 Å². The van der Waals surface area contributed by atoms with E-state index in [2.05, 4.69) is 50.9 Å². The molecule has 1 aliphatic rings. The highest BCUT2D eigenvalue weighted by Gasteiger charge is 2.41. The topological polar surface area (TPSA) is 97.1 Å². The third kappa shape index (κ3) is 5.31. The predicted octanol–water partition coefficient (Wildman–Crippen LogP) is 3.52. The van der Waals surface area contributed by atoms with Crippen LogP contribution in [0.4, 0.5) is 4.79 Å². The highest BCUT2D eigenvalue weighted by atomic mass is 28.4. The van der Waals surface area contributed by atoms with E-state index in [9.17, 15) is 9.90 Å². The largest absolute Gasteiger partial charge is 0.465 e. The van der Waals surface area contributed by atoms with Gasteiger partial charge >= 0.3 is 6.09 Å². The lowest BCUT2D eigenvalue weighted by atomic mass is 9.98. The first kappa shape index (κ1) is 22.3. The highest BCUT2D eigenvalue weighted by molar-refractivity contribution is 6.74. The van der Waals surface area contributed by atoms with Crippen LogP contribution in [-0.2, 0) is 9.26 Å². The van der Waals surface area contributed by atoms with E-state index in [0.29, 0.717) is 18.1 Å². The van der Waals surface area contributed by atoms with Gasteiger partial charge in [0, 0.05) is 12.1 Å². The van der Waals surface area contributed by atoms with Crippen LogP contribution in [0, 0.1) is 0 Å². The van der Waals surface area contributed by atoms with E-state index in [1.165, 1.54) is 17.4 Å². The van der Waals surface area contributed by atoms with Gasteiger partial charge in [-0.05, 0) is 18.1 Å². The van der Waals surface area contributed by atoms with E-state index in [1.807, 2.05) is 6.08 Å². The van der Waals surface area contributed by atoms with Crippen LogP contribution in [-0.4, -0.2) is 61.2 Å². The Labute approximate surface area is 167 Å². The molecule has 1 amide bonds. The lowest BCUT2D eigenvalue weighted by Crippen LogP contribution is -2.54. The number of hydrogen-bond donors (Lipinski definition) is 2. The van der Waals surface area contributed by atoms with Crippen molar-refractivity contribution in [3.05, 3.63) is 37.1 Å². The number of nitrogens with zero attached hydrogens (tertiary/aromatic N) is 2. The van der Waals surface area contributed by atoms with Crippen LogP contribution in [0.2, 0.25) is 18.1 Å². The summed E-state index contributed by atoms with van der Waals surface area (Å²) < 4.78 is 11.8. The van der Waals surface area contributed by atoms with Crippen molar-refractivity contribution in [3.8, 4) is 0 Å². The summed E-state index contributed by atoms with van der Waals surface area (Å²) in [5, 5.41) is 9.84. The Morgan fingerprint density at radius 1 is 1.54 bits per heavy atom. The standard InChI is InChI=1S/C19H31N3O5Si/c1-7-9-26-21-14-11-15(17-20-8-10-25-17)16(22(12-14)18(23)24)13-27-28(5,6)19(2,3)4/h7-8,10-11,14,16,21H,1,9,12-13H2,2-6H3,(H,23,24)/t14?,16-/m1/s1. The molecular weight excluding hydrogens is 378 g/mol. The molecule has 1 aromatic heterocycles. The zero-order chi connectivity index (χ0) is 20.9. The van der Waals surface area contributed by atoms with Crippen molar-refractivity contribution >= 4 is 20.0 Å². The fraction of sp³-hybridized carbons (Fsp3) is 0.579. The number of nitrogens with one attached hydrogen (secondary N) is 1. The monoisotopic (exact) mass is 409 g/mol. The van der Waals surface area contributed by atoms with Crippen LogP contribution < -0.4 is 5.48 Å². The molecule has 0 spiro atoms. The lowest BCUT2D eigenvalue weighted by Gasteiger charge is -2.41. The summed E-state index contributed by atoms with van der Waals surface area (Å²) in [6.07, 6.45) is 5.49. The van der Waals surface area contributed by atoms with Gasteiger partial charge < -0.3 is 13.9 Å². The second-order valence-electron chi connectivity index (χ2n) is 8.31. The number of amides is 1. The molecule has 9 heteroatoms. The Morgan fingerprint density at radius 3 is 2.79 bits per heavy atom. The molecule has 0 saturated carbocycles. The molecule has 0 radical (unpaired) electrons. The number of rotatable bonds is 8. The van der Waals surface area contributed by atoms with Crippen LogP contribution in [0.15, 0.2) is 35.6 Å². The first-order valence-corrected chi connectivity index (χ1v) is 12.2. The minimum atomic E-state index is -2.06. The maximum atomic E-state index is 12.0. The Kier molecular flexibility index (Phi) is 7.21. The molecule has 0 aromatic carbocycles. The third-order valence-electron chi connectivity index (χ3n) is 5.28. The van der Waals surface area contributed by atoms with Gasteiger partial charge in [0.05, 0.1) is 31.5 Å². The molecule has 156 valence electrons. The van der Waals surface area contributed by atoms with E-state index in [4.69, 9.17) is 13.7 Å². The van der Waals surface area contributed by atoms with Crippen LogP contribution in [0.5, 0.6) is 0 Å². The minimum absolute atomic E-state index is 0.0190. The predicted molar refractivity (Wildman–Crippen MR) is 109 cm³/mol. The van der Waals surface area contributed by atoms with Crippen molar-refractivity contribution in [1.29, 1.82) is 0 Å². The molecule has 1 unspecified atom stereocenters. The SMILES string of the molecule is C=CCONC1C=C(c2ncco2)[C@@H](CO[Si](C)(C)C(C)(C)C)N(C(=O)O)C1. The molecule has 0 bridgehead atoms. The van der Waals surface area contributed by atoms with Crippen molar-refractivity contribution in [2.45, 2.75) is 51.0 Å². The second-order valence-corrected chi connectivity index (χ2v) is 13.1. The zero-order valence-corrected chi connectivity index (χ0v) is 18.3. The average molecular weight is 410 g/mol. The zero-order valence-electron chi connectivity index (χ0n) is 17.3. The summed E-state index contributed by atoms with van der Waals surface area (Å²) in [6, 6.07) is -0.857. The molecule has 2 heterocycles. The fourth-order valence-electron chi connectivity index (χ4n) is 2.65. The summed E-state index contributed by atoms with van der Waals surface area (Å²) in [6.45, 7) is 15.1. The Bertz CT molecular complexity index is 697. The van der Waals surface area contributed by atoms with Crippen LogP contribution in [0.25, 0.3) is 5.57 Å². The molecule has 2 atom stereocenters. The van der Waals surface area contributed by atoms with Crippen molar-refractivity contribution in [2.75, 3.05) is 19.8 Å². The van der Waals surface area contributed by atoms with Gasteiger partial charge in [0.25, 0.3) is 0 Å². The second kappa shape index (κ2) is 9.04. The Balaban J connectivity index is 2.31. The molecular formula is C19H31N3O5Si. The molecule has 1 aliphatic heterocycles. The molecule has 8 nitrogen and oxygen atoms in total. The van der Waals surface area contributed by atoms with E-state index in [-0.39, 0.29) is 24.2 Å². The van der Waals surface area contributed by atoms with Crippen molar-refractivity contribution < 1.29 is 23.6 Å². The van der Waals surface area contributed by atoms with Gasteiger partial charge in [0.1, 0.15) is 6.26 Å². The van der Waals surface area contributed by atoms with Gasteiger partial charge in [0.15, 0.2) is 8.32 Å². The van der Waals surface area contributed by atoms with Crippen LogP contribution in [0.1, 0.15) is 26.7 Å². The molecule has 2 N–H and O–H groups in total. The number of aromatic nitrogens is 1. The van der Waals surface area contributed by atoms with E-state index < -0.39 is 20.5 Å². The highest BCUT2D eigenvalue weighted by Crippen LogP contribution is 2.37. The number of carbonyl (C=O) groups is 1. The fourth-order valence-corrected chi connectivity index (χ4v) is 3.66. The smallest absolute Gasteiger partial charge is 0.407 e. The Morgan fingerprint density at radius 2 is 2.25 bits per heavy atom. The van der Waals surface area contributed by atoms with E-state index in [0.717, 1.165) is 0 Å². The summed E-state index contributed by atoms with van der Waals surface area (Å²) >= 11 is 0. The number of hydroxylamine groups is 1. The summed E-state index contributed by atoms with van der Waals surface area (Å²) in [5.74, 6) is 0.380. The van der Waals surface area contributed by atoms with Gasteiger partial charge in [-0.3, -0.25) is 9.74 Å². The molecule has 0 aliphatic carbocycles. The minimum Gasteiger partial charge on any atom is -0.465 e. The lowest BCUT2D eigenvalue weighted by molar-refractivity contribution is 0.0290. The number of oxazole rings is 1. The van der Waals surface area contributed by atoms with Gasteiger partial charge in [-0.1, -0.05) is 32.9 Å². The number of hydrogen-bond acceptors (Lipinski definition) is 6. The maximum Gasteiger partial charge on any atom is 0.407 e. The molecule has 1 aromatic rings. The van der Waals surface area contributed by atoms with Gasteiger partial charge in [-0.15, -0.1) is 6.58 Å². The normalized spacial score (nSPS) is 20.8. The first-order valence-electron chi connectivity index (χ1n) is 9.30. The Hall–Kier alpha value is -1.94. The average Bonchev–Trinajstić information content (AvgIpc) is 3.13. The number of carboxylic acid groups (broad SMARTS) is 1. The molecule has 0 saturated heterocycles. The van der Waals surface area contributed by atoms with Gasteiger partial charge in [-0.25, -0.2) is 9.78 Å². The molecule has 0 fully saturated rings. The van der Waals surface area contributed by atoms with Crippen molar-refractivity contribution in [2.24, 2.45) is 0 Å². The maximum absolute atomic E-state index is 12.0. The molecule has 28 heavy (non-hydrogen) atoms. The van der Waals surface area contributed by atoms with Crippen molar-refractivity contribution in [1.82, 2.24) is 15.4 Å². The van der Waals surface area contributed by atoms with Gasteiger partial charge in [0.2, 0.25) is 5.89 Å². The van der Waals surface area contributed by atoms with E-state index in [1.54, 1.807) is 6.08 Å². The third-order valence-corrected chi connectivity index (χ3v) is 9.78. The van der Waals surface area contributed by atoms with Crippen LogP contribution >= 0.6 is 0 Å². The van der Waals surface area contributed by atoms with Crippen LogP contribution in [0.3, 0.4) is 0 Å². The quantitative estimate of drug-likeness (QED) is 0.293. The first-order chi connectivity index (χ1) is 13.1. The van der Waals surface area contributed by atoms with E-state index >= 15 is 0 Å². The van der Waals surface area contributed by atoms with Crippen molar-refractivity contribution in [3.63, 3.8) is 0 Å².